The number of rotatable bonds is 2. The van der Waals surface area contributed by atoms with Gasteiger partial charge in [-0.1, -0.05) is 24.3 Å². The topological polar surface area (TPSA) is 26.0 Å². The fraction of sp³-hybridized carbons (Fsp3) is 0.400. The number of alkyl halides is 2. The minimum Gasteiger partial charge on any atom is -0.324 e. The molecule has 3 heteroatoms. The highest BCUT2D eigenvalue weighted by atomic mass is 19.3. The summed E-state index contributed by atoms with van der Waals surface area (Å²) in [5, 5.41) is 0. The molecule has 0 fully saturated rings. The molecule has 0 bridgehead atoms. The van der Waals surface area contributed by atoms with Crippen LogP contribution in [0.15, 0.2) is 24.3 Å². The van der Waals surface area contributed by atoms with Crippen molar-refractivity contribution >= 4 is 0 Å². The normalized spacial score (nSPS) is 14.2. The number of nitrogens with two attached hydrogens (primary N) is 1. The summed E-state index contributed by atoms with van der Waals surface area (Å²) >= 11 is 0. The second kappa shape index (κ2) is 3.42. The average molecular weight is 185 g/mol. The molecule has 0 amide bonds. The van der Waals surface area contributed by atoms with E-state index >= 15 is 0 Å². The summed E-state index contributed by atoms with van der Waals surface area (Å²) in [6.45, 7) is 2.58. The molecular weight excluding hydrogens is 172 g/mol. The SMILES string of the molecule is CC(N)c1ccccc1C(C)(F)F. The van der Waals surface area contributed by atoms with Gasteiger partial charge in [0, 0.05) is 18.5 Å². The third-order valence-corrected chi connectivity index (χ3v) is 1.92. The van der Waals surface area contributed by atoms with Crippen molar-refractivity contribution in [1.82, 2.24) is 0 Å². The molecule has 0 aliphatic carbocycles. The van der Waals surface area contributed by atoms with E-state index in [0.717, 1.165) is 6.92 Å². The molecule has 1 atom stereocenters. The van der Waals surface area contributed by atoms with E-state index in [0.29, 0.717) is 5.56 Å². The lowest BCUT2D eigenvalue weighted by atomic mass is 9.98. The molecule has 1 unspecified atom stereocenters. The van der Waals surface area contributed by atoms with Crippen LogP contribution in [0.4, 0.5) is 8.78 Å². The first-order valence-corrected chi connectivity index (χ1v) is 4.15. The molecule has 0 heterocycles. The minimum atomic E-state index is -2.82. The van der Waals surface area contributed by atoms with Crippen LogP contribution in [0.25, 0.3) is 0 Å². The zero-order valence-electron chi connectivity index (χ0n) is 7.72. The summed E-state index contributed by atoms with van der Waals surface area (Å²) in [6, 6.07) is 6.00. The van der Waals surface area contributed by atoms with Gasteiger partial charge in [0.05, 0.1) is 0 Å². The predicted octanol–water partition coefficient (Wildman–Crippen LogP) is 2.82. The van der Waals surface area contributed by atoms with Crippen LogP contribution in [-0.2, 0) is 5.92 Å². The Balaban J connectivity index is 3.20. The van der Waals surface area contributed by atoms with Gasteiger partial charge in [-0.05, 0) is 12.5 Å². The Morgan fingerprint density at radius 3 is 2.23 bits per heavy atom. The molecular formula is C10H13F2N. The fourth-order valence-electron chi connectivity index (χ4n) is 1.29. The molecule has 72 valence electrons. The Hall–Kier alpha value is -0.960. The third-order valence-electron chi connectivity index (χ3n) is 1.92. The van der Waals surface area contributed by atoms with E-state index in [4.69, 9.17) is 5.73 Å². The maximum atomic E-state index is 13.0. The van der Waals surface area contributed by atoms with E-state index in [2.05, 4.69) is 0 Å². The molecule has 1 aromatic rings. The standard InChI is InChI=1S/C10H13F2N/c1-7(13)8-5-3-4-6-9(8)10(2,11)12/h3-7H,13H2,1-2H3. The van der Waals surface area contributed by atoms with Crippen LogP contribution in [-0.4, -0.2) is 0 Å². The fourth-order valence-corrected chi connectivity index (χ4v) is 1.29. The lowest BCUT2D eigenvalue weighted by Crippen LogP contribution is -2.15. The molecule has 13 heavy (non-hydrogen) atoms. The van der Waals surface area contributed by atoms with Crippen molar-refractivity contribution in [1.29, 1.82) is 0 Å². The van der Waals surface area contributed by atoms with Crippen LogP contribution in [0.2, 0.25) is 0 Å². The maximum Gasteiger partial charge on any atom is 0.270 e. The summed E-state index contributed by atoms with van der Waals surface area (Å²) in [4.78, 5) is 0. The second-order valence-electron chi connectivity index (χ2n) is 3.26. The number of hydrogen-bond acceptors (Lipinski definition) is 1. The zero-order valence-corrected chi connectivity index (χ0v) is 7.72. The molecule has 0 spiro atoms. The smallest absolute Gasteiger partial charge is 0.270 e. The quantitative estimate of drug-likeness (QED) is 0.753. The van der Waals surface area contributed by atoms with Gasteiger partial charge in [-0.15, -0.1) is 0 Å². The average Bonchev–Trinajstić information content (AvgIpc) is 2.03. The monoisotopic (exact) mass is 185 g/mol. The van der Waals surface area contributed by atoms with Crippen LogP contribution in [0, 0.1) is 0 Å². The van der Waals surface area contributed by atoms with Crippen molar-refractivity contribution < 1.29 is 8.78 Å². The van der Waals surface area contributed by atoms with E-state index < -0.39 is 5.92 Å². The first-order chi connectivity index (χ1) is 5.93. The molecule has 0 saturated carbocycles. The summed E-state index contributed by atoms with van der Waals surface area (Å²) in [5.41, 5.74) is 6.11. The molecule has 0 aromatic heterocycles. The Kier molecular flexibility index (Phi) is 2.66. The molecule has 2 N–H and O–H groups in total. The summed E-state index contributed by atoms with van der Waals surface area (Å²) < 4.78 is 26.0. The van der Waals surface area contributed by atoms with Crippen LogP contribution < -0.4 is 5.73 Å². The van der Waals surface area contributed by atoms with Gasteiger partial charge in [-0.3, -0.25) is 0 Å². The molecule has 1 aromatic carbocycles. The van der Waals surface area contributed by atoms with Crippen LogP contribution in [0.1, 0.15) is 31.0 Å². The van der Waals surface area contributed by atoms with Crippen LogP contribution in [0.5, 0.6) is 0 Å². The molecule has 1 rings (SSSR count). The van der Waals surface area contributed by atoms with Crippen LogP contribution in [0.3, 0.4) is 0 Å². The highest BCUT2D eigenvalue weighted by Gasteiger charge is 2.27. The van der Waals surface area contributed by atoms with Crippen molar-refractivity contribution in [2.45, 2.75) is 25.8 Å². The minimum absolute atomic E-state index is 0.0185. The first-order valence-electron chi connectivity index (χ1n) is 4.15. The van der Waals surface area contributed by atoms with Crippen LogP contribution >= 0.6 is 0 Å². The van der Waals surface area contributed by atoms with Gasteiger partial charge in [0.1, 0.15) is 0 Å². The molecule has 0 radical (unpaired) electrons. The molecule has 0 aliphatic rings. The van der Waals surface area contributed by atoms with Gasteiger partial charge >= 0.3 is 0 Å². The largest absolute Gasteiger partial charge is 0.324 e. The highest BCUT2D eigenvalue weighted by molar-refractivity contribution is 5.32. The summed E-state index contributed by atoms with van der Waals surface area (Å²) in [6.07, 6.45) is 0. The lowest BCUT2D eigenvalue weighted by Gasteiger charge is -2.17. The Morgan fingerprint density at radius 1 is 1.31 bits per heavy atom. The van der Waals surface area contributed by atoms with Gasteiger partial charge < -0.3 is 5.73 Å². The van der Waals surface area contributed by atoms with Crippen molar-refractivity contribution in [2.24, 2.45) is 5.73 Å². The first kappa shape index (κ1) is 10.1. The maximum absolute atomic E-state index is 13.0. The Bertz CT molecular complexity index is 289. The van der Waals surface area contributed by atoms with Gasteiger partial charge in [0.25, 0.3) is 5.92 Å². The van der Waals surface area contributed by atoms with E-state index in [1.54, 1.807) is 25.1 Å². The van der Waals surface area contributed by atoms with E-state index in [-0.39, 0.29) is 11.6 Å². The Labute approximate surface area is 76.6 Å². The van der Waals surface area contributed by atoms with Gasteiger partial charge in [-0.2, -0.15) is 0 Å². The summed E-state index contributed by atoms with van der Waals surface area (Å²) in [7, 11) is 0. The van der Waals surface area contributed by atoms with Gasteiger partial charge in [0.2, 0.25) is 0 Å². The number of hydrogen-bond donors (Lipinski definition) is 1. The molecule has 0 aliphatic heterocycles. The number of benzene rings is 1. The van der Waals surface area contributed by atoms with Gasteiger partial charge in [0.15, 0.2) is 0 Å². The predicted molar refractivity (Wildman–Crippen MR) is 48.6 cm³/mol. The lowest BCUT2D eigenvalue weighted by molar-refractivity contribution is 0.0162. The van der Waals surface area contributed by atoms with E-state index in [1.165, 1.54) is 6.07 Å². The third kappa shape index (κ3) is 2.25. The highest BCUT2D eigenvalue weighted by Crippen LogP contribution is 2.31. The van der Waals surface area contributed by atoms with Crippen molar-refractivity contribution in [3.63, 3.8) is 0 Å². The Morgan fingerprint density at radius 2 is 1.85 bits per heavy atom. The van der Waals surface area contributed by atoms with Gasteiger partial charge in [-0.25, -0.2) is 8.78 Å². The molecule has 1 nitrogen and oxygen atoms in total. The van der Waals surface area contributed by atoms with Crippen molar-refractivity contribution in [2.75, 3.05) is 0 Å². The summed E-state index contributed by atoms with van der Waals surface area (Å²) in [5.74, 6) is -2.82. The van der Waals surface area contributed by atoms with Crippen molar-refractivity contribution in [3.8, 4) is 0 Å². The van der Waals surface area contributed by atoms with E-state index in [1.807, 2.05) is 0 Å². The zero-order chi connectivity index (χ0) is 10.1. The molecule has 0 saturated heterocycles. The van der Waals surface area contributed by atoms with Crippen molar-refractivity contribution in [3.05, 3.63) is 35.4 Å². The number of halogens is 2. The second-order valence-corrected chi connectivity index (χ2v) is 3.26. The van der Waals surface area contributed by atoms with E-state index in [9.17, 15) is 8.78 Å².